The van der Waals surface area contributed by atoms with E-state index in [1.54, 1.807) is 0 Å². The molecule has 0 atom stereocenters. The molecule has 0 fully saturated rings. The quantitative estimate of drug-likeness (QED) is 0.861. The van der Waals surface area contributed by atoms with Crippen LogP contribution in [0.15, 0.2) is 12.1 Å². The zero-order valence-corrected chi connectivity index (χ0v) is 13.6. The number of rotatable bonds is 3. The highest BCUT2D eigenvalue weighted by atomic mass is 35.5. The number of fused-ring (bicyclic) bond motifs is 1. The Hall–Kier alpha value is -0.780. The largest absolute Gasteiger partial charge is 0.474 e. The molecule has 1 aromatic rings. The highest BCUT2D eigenvalue weighted by molar-refractivity contribution is 7.88. The van der Waals surface area contributed by atoms with Crippen molar-refractivity contribution >= 4 is 21.6 Å². The maximum Gasteiger partial charge on any atom is 0.249 e. The van der Waals surface area contributed by atoms with Gasteiger partial charge in [0.15, 0.2) is 0 Å². The van der Waals surface area contributed by atoms with Crippen molar-refractivity contribution in [3.05, 3.63) is 28.3 Å². The van der Waals surface area contributed by atoms with Gasteiger partial charge in [0.05, 0.1) is 5.02 Å². The second kappa shape index (κ2) is 5.92. The molecule has 2 rings (SSSR count). The van der Waals surface area contributed by atoms with Gasteiger partial charge in [-0.25, -0.2) is 8.42 Å². The predicted octanol–water partition coefficient (Wildman–Crippen LogP) is 3.04. The fourth-order valence-electron chi connectivity index (χ4n) is 2.28. The molecule has 112 valence electrons. The molecule has 0 saturated heterocycles. The van der Waals surface area contributed by atoms with Gasteiger partial charge in [-0.15, -0.1) is 0 Å². The molecule has 0 saturated carbocycles. The summed E-state index contributed by atoms with van der Waals surface area (Å²) in [6.07, 6.45) is 0.851. The molecular formula is C14H20ClNO3S. The van der Waals surface area contributed by atoms with Crippen LogP contribution in [0.1, 0.15) is 31.9 Å². The van der Waals surface area contributed by atoms with Crippen molar-refractivity contribution in [2.75, 3.05) is 12.5 Å². The Kier molecular flexibility index (Phi) is 4.62. The number of sulfonamides is 1. The molecule has 0 bridgehead atoms. The molecular weight excluding hydrogens is 298 g/mol. The Labute approximate surface area is 125 Å². The summed E-state index contributed by atoms with van der Waals surface area (Å²) in [5.74, 6) is 0.410. The van der Waals surface area contributed by atoms with Crippen LogP contribution in [0.5, 0.6) is 5.75 Å². The van der Waals surface area contributed by atoms with Gasteiger partial charge in [-0.2, -0.15) is 4.31 Å². The lowest BCUT2D eigenvalue weighted by atomic mass is 10.1. The third kappa shape index (κ3) is 3.27. The summed E-state index contributed by atoms with van der Waals surface area (Å²) >= 11 is 6.21. The average molecular weight is 318 g/mol. The van der Waals surface area contributed by atoms with Gasteiger partial charge in [-0.05, 0) is 24.0 Å². The summed E-state index contributed by atoms with van der Waals surface area (Å²) in [6.45, 7) is 6.84. The number of hydrogen-bond donors (Lipinski definition) is 0. The van der Waals surface area contributed by atoms with Gasteiger partial charge in [-0.3, -0.25) is 0 Å². The van der Waals surface area contributed by atoms with Crippen LogP contribution in [-0.4, -0.2) is 25.2 Å². The molecule has 0 radical (unpaired) electrons. The fourth-order valence-corrected chi connectivity index (χ4v) is 3.87. The van der Waals surface area contributed by atoms with Crippen molar-refractivity contribution in [1.29, 1.82) is 0 Å². The van der Waals surface area contributed by atoms with E-state index in [1.165, 1.54) is 4.31 Å². The van der Waals surface area contributed by atoms with Gasteiger partial charge in [0.25, 0.3) is 0 Å². The molecule has 0 amide bonds. The Bertz CT molecular complexity index is 599. The highest BCUT2D eigenvalue weighted by Crippen LogP contribution is 2.34. The summed E-state index contributed by atoms with van der Waals surface area (Å²) in [4.78, 5) is 0. The molecule has 1 heterocycles. The van der Waals surface area contributed by atoms with Crippen molar-refractivity contribution in [3.8, 4) is 5.75 Å². The van der Waals surface area contributed by atoms with E-state index >= 15 is 0 Å². The first-order valence-electron chi connectivity index (χ1n) is 6.75. The lowest BCUT2D eigenvalue weighted by Gasteiger charge is -2.21. The molecule has 1 aromatic carbocycles. The minimum Gasteiger partial charge on any atom is -0.474 e. The topological polar surface area (TPSA) is 46.6 Å². The highest BCUT2D eigenvalue weighted by Gasteiger charge is 2.29. The first kappa shape index (κ1) is 15.6. The molecule has 0 N–H and O–H groups in total. The molecule has 0 aliphatic carbocycles. The Morgan fingerprint density at radius 2 is 2.10 bits per heavy atom. The van der Waals surface area contributed by atoms with Gasteiger partial charge < -0.3 is 4.74 Å². The van der Waals surface area contributed by atoms with Crippen molar-refractivity contribution in [2.45, 2.75) is 33.7 Å². The van der Waals surface area contributed by atoms with E-state index in [0.717, 1.165) is 17.5 Å². The normalized spacial score (nSPS) is 18.4. The third-order valence-electron chi connectivity index (χ3n) is 3.25. The molecule has 1 aliphatic heterocycles. The zero-order chi connectivity index (χ0) is 14.9. The second-order valence-corrected chi connectivity index (χ2v) is 7.80. The summed E-state index contributed by atoms with van der Waals surface area (Å²) in [5, 5.41) is 0.487. The van der Waals surface area contributed by atoms with Crippen LogP contribution in [0.4, 0.5) is 0 Å². The predicted molar refractivity (Wildman–Crippen MR) is 80.5 cm³/mol. The number of benzene rings is 1. The van der Waals surface area contributed by atoms with Crippen molar-refractivity contribution in [3.63, 3.8) is 0 Å². The number of halogens is 1. The smallest absolute Gasteiger partial charge is 0.249 e. The van der Waals surface area contributed by atoms with Gasteiger partial charge in [0, 0.05) is 18.7 Å². The van der Waals surface area contributed by atoms with Gasteiger partial charge in [0.2, 0.25) is 16.0 Å². The molecule has 4 nitrogen and oxygen atoms in total. The van der Waals surface area contributed by atoms with E-state index in [-0.39, 0.29) is 11.9 Å². The van der Waals surface area contributed by atoms with Crippen molar-refractivity contribution in [2.24, 2.45) is 5.92 Å². The molecule has 20 heavy (non-hydrogen) atoms. The van der Waals surface area contributed by atoms with Gasteiger partial charge in [0.1, 0.15) is 5.75 Å². The molecule has 6 heteroatoms. The van der Waals surface area contributed by atoms with Crippen LogP contribution in [-0.2, 0) is 23.0 Å². The van der Waals surface area contributed by atoms with E-state index < -0.39 is 10.0 Å². The first-order chi connectivity index (χ1) is 9.33. The Morgan fingerprint density at radius 3 is 2.70 bits per heavy atom. The lowest BCUT2D eigenvalue weighted by molar-refractivity contribution is 0.348. The van der Waals surface area contributed by atoms with E-state index in [1.807, 2.05) is 32.9 Å². The van der Waals surface area contributed by atoms with E-state index in [0.29, 0.717) is 23.9 Å². The SMILES string of the molecule is CCc1cc(Cl)c2c(c1)CN(CC(C)C)S(=O)(=O)CO2. The first-order valence-corrected chi connectivity index (χ1v) is 8.74. The second-order valence-electron chi connectivity index (χ2n) is 5.48. The monoisotopic (exact) mass is 317 g/mol. The maximum absolute atomic E-state index is 12.2. The van der Waals surface area contributed by atoms with E-state index in [2.05, 4.69) is 0 Å². The van der Waals surface area contributed by atoms with E-state index in [4.69, 9.17) is 16.3 Å². The lowest BCUT2D eigenvalue weighted by Crippen LogP contribution is -2.35. The number of aryl methyl sites for hydroxylation is 1. The number of ether oxygens (including phenoxy) is 1. The summed E-state index contributed by atoms with van der Waals surface area (Å²) < 4.78 is 31.4. The third-order valence-corrected chi connectivity index (χ3v) is 5.01. The van der Waals surface area contributed by atoms with Crippen LogP contribution in [0.3, 0.4) is 0 Å². The van der Waals surface area contributed by atoms with Crippen LogP contribution >= 0.6 is 11.6 Å². The van der Waals surface area contributed by atoms with Crippen LogP contribution in [0.2, 0.25) is 5.02 Å². The summed E-state index contributed by atoms with van der Waals surface area (Å²) in [5.41, 5.74) is 1.93. The minimum absolute atomic E-state index is 0.260. The summed E-state index contributed by atoms with van der Waals surface area (Å²) in [6, 6.07) is 3.82. The van der Waals surface area contributed by atoms with E-state index in [9.17, 15) is 8.42 Å². The maximum atomic E-state index is 12.2. The van der Waals surface area contributed by atoms with Crippen LogP contribution in [0, 0.1) is 5.92 Å². The molecule has 0 spiro atoms. The summed E-state index contributed by atoms with van der Waals surface area (Å²) in [7, 11) is -3.41. The molecule has 0 unspecified atom stereocenters. The number of nitrogens with zero attached hydrogens (tertiary/aromatic N) is 1. The fraction of sp³-hybridized carbons (Fsp3) is 0.571. The van der Waals surface area contributed by atoms with Crippen molar-refractivity contribution < 1.29 is 13.2 Å². The van der Waals surface area contributed by atoms with Crippen LogP contribution in [0.25, 0.3) is 0 Å². The standard InChI is InChI=1S/C14H20ClNO3S/c1-4-11-5-12-8-16(7-10(2)3)20(17,18)9-19-14(12)13(15)6-11/h5-6,10H,4,7-9H2,1-3H3. The number of hydrogen-bond acceptors (Lipinski definition) is 3. The minimum atomic E-state index is -3.41. The zero-order valence-electron chi connectivity index (χ0n) is 12.0. The molecule has 1 aliphatic rings. The van der Waals surface area contributed by atoms with Gasteiger partial charge >= 0.3 is 0 Å². The van der Waals surface area contributed by atoms with Crippen LogP contribution < -0.4 is 4.74 Å². The average Bonchev–Trinajstić information content (AvgIpc) is 2.47. The Balaban J connectivity index is 2.43. The van der Waals surface area contributed by atoms with Gasteiger partial charge in [-0.1, -0.05) is 38.4 Å². The Morgan fingerprint density at radius 1 is 1.40 bits per heavy atom. The van der Waals surface area contributed by atoms with Crippen molar-refractivity contribution in [1.82, 2.24) is 4.31 Å². The molecule has 0 aromatic heterocycles.